The molecule has 0 aromatic carbocycles. The fraction of sp³-hybridized carbons (Fsp3) is 1.00. The van der Waals surface area contributed by atoms with Gasteiger partial charge >= 0.3 is 23.4 Å². The molecule has 2 bridgehead atoms. The van der Waals surface area contributed by atoms with Gasteiger partial charge in [-0.25, -0.2) is 17.6 Å². The molecule has 10 heteroatoms. The fourth-order valence-electron chi connectivity index (χ4n) is 2.60. The van der Waals surface area contributed by atoms with E-state index in [1.807, 2.05) is 0 Å². The molecule has 2 fully saturated rings. The maximum absolute atomic E-state index is 13.6. The maximum atomic E-state index is 13.6. The van der Waals surface area contributed by atoms with Gasteiger partial charge in [-0.2, -0.15) is 26.3 Å². The van der Waals surface area contributed by atoms with Crippen molar-refractivity contribution in [3.05, 3.63) is 0 Å². The first-order valence-corrected chi connectivity index (χ1v) is 4.54. The van der Waals surface area contributed by atoms with Crippen LogP contribution < -0.4 is 0 Å². The van der Waals surface area contributed by atoms with E-state index in [2.05, 4.69) is 0 Å². The van der Waals surface area contributed by atoms with Crippen LogP contribution >= 0.6 is 0 Å². The smallest absolute Gasteiger partial charge is 0.229 e. The lowest BCUT2D eigenvalue weighted by Gasteiger charge is -2.41. The molecule has 0 saturated heterocycles. The summed E-state index contributed by atoms with van der Waals surface area (Å²) in [5.41, 5.74) is -11.9. The summed E-state index contributed by atoms with van der Waals surface area (Å²) in [4.78, 5) is 0. The van der Waals surface area contributed by atoms with E-state index in [1.54, 1.807) is 0 Å². The van der Waals surface area contributed by atoms with Crippen LogP contribution in [0.5, 0.6) is 0 Å². The molecule has 0 N–H and O–H groups in total. The van der Waals surface area contributed by atoms with Crippen molar-refractivity contribution in [3.8, 4) is 0 Å². The van der Waals surface area contributed by atoms with Crippen LogP contribution in [0.2, 0.25) is 0 Å². The van der Waals surface area contributed by atoms with E-state index in [-0.39, 0.29) is 6.92 Å². The third kappa shape index (κ3) is 0.734. The third-order valence-electron chi connectivity index (χ3n) is 3.77. The molecule has 3 atom stereocenters. The fourth-order valence-corrected chi connectivity index (χ4v) is 2.60. The Morgan fingerprint density at radius 1 is 0.611 bits per heavy atom. The quantitative estimate of drug-likeness (QED) is 0.598. The molecular formula is C8H4F10. The van der Waals surface area contributed by atoms with E-state index in [4.69, 9.17) is 0 Å². The van der Waals surface area contributed by atoms with Gasteiger partial charge < -0.3 is 0 Å². The van der Waals surface area contributed by atoms with Crippen LogP contribution in [0.3, 0.4) is 0 Å². The van der Waals surface area contributed by atoms with E-state index in [1.165, 1.54) is 0 Å². The third-order valence-corrected chi connectivity index (χ3v) is 3.77. The van der Waals surface area contributed by atoms with E-state index in [0.29, 0.717) is 0 Å². The van der Waals surface area contributed by atoms with Crippen molar-refractivity contribution in [2.24, 2.45) is 5.92 Å². The zero-order valence-electron chi connectivity index (χ0n) is 8.36. The largest absolute Gasteiger partial charge is 0.359 e. The summed E-state index contributed by atoms with van der Waals surface area (Å²) < 4.78 is 131. The van der Waals surface area contributed by atoms with Gasteiger partial charge in [-0.1, -0.05) is 6.92 Å². The van der Waals surface area contributed by atoms with Crippen LogP contribution in [0, 0.1) is 5.92 Å². The average molecular weight is 290 g/mol. The zero-order chi connectivity index (χ0) is 14.6. The molecule has 2 saturated carbocycles. The summed E-state index contributed by atoms with van der Waals surface area (Å²) in [5, 5.41) is 0. The summed E-state index contributed by atoms with van der Waals surface area (Å²) >= 11 is 0. The number of alkyl halides is 10. The standard InChI is InChI=1S/C8H4F10/c1-2-3(9)6(13,14)5(12,4(2,10)11)8(17,18)7(3,15)16/h2H,1H3. The number of hydrogen-bond acceptors (Lipinski definition) is 0. The van der Waals surface area contributed by atoms with Crippen molar-refractivity contribution < 1.29 is 43.9 Å². The lowest BCUT2D eigenvalue weighted by atomic mass is 9.79. The molecule has 0 aromatic rings. The molecule has 0 aromatic heterocycles. The Bertz CT molecular complexity index is 414. The minimum absolute atomic E-state index is 0.154. The lowest BCUT2D eigenvalue weighted by Crippen LogP contribution is -2.68. The molecule has 0 nitrogen and oxygen atoms in total. The Morgan fingerprint density at radius 2 is 1.00 bits per heavy atom. The highest BCUT2D eigenvalue weighted by Crippen LogP contribution is 2.80. The minimum Gasteiger partial charge on any atom is -0.229 e. The van der Waals surface area contributed by atoms with E-state index in [9.17, 15) is 43.9 Å². The second kappa shape index (κ2) is 2.60. The van der Waals surface area contributed by atoms with Gasteiger partial charge in [-0.3, -0.25) is 0 Å². The number of rotatable bonds is 0. The van der Waals surface area contributed by atoms with Crippen LogP contribution in [-0.4, -0.2) is 35.0 Å². The van der Waals surface area contributed by atoms with Crippen LogP contribution in [0.4, 0.5) is 43.9 Å². The van der Waals surface area contributed by atoms with Gasteiger partial charge in [-0.15, -0.1) is 0 Å². The molecule has 2 aliphatic carbocycles. The Hall–Kier alpha value is -0.700. The average Bonchev–Trinajstić information content (AvgIpc) is 2.32. The van der Waals surface area contributed by atoms with Crippen molar-refractivity contribution in [1.82, 2.24) is 0 Å². The predicted molar refractivity (Wildman–Crippen MR) is 36.6 cm³/mol. The van der Waals surface area contributed by atoms with Gasteiger partial charge in [0.2, 0.25) is 0 Å². The second-order valence-corrected chi connectivity index (χ2v) is 4.44. The first kappa shape index (κ1) is 13.7. The van der Waals surface area contributed by atoms with Gasteiger partial charge in [0.25, 0.3) is 11.6 Å². The molecule has 2 aliphatic rings. The molecule has 0 heterocycles. The number of halogens is 10. The van der Waals surface area contributed by atoms with Gasteiger partial charge in [-0.05, 0) is 0 Å². The van der Waals surface area contributed by atoms with Crippen molar-refractivity contribution in [2.45, 2.75) is 42.0 Å². The Kier molecular flexibility index (Phi) is 1.98. The Labute approximate surface area is 92.9 Å². The molecular weight excluding hydrogens is 286 g/mol. The Balaban J connectivity index is 2.90. The predicted octanol–water partition coefficient (Wildman–Crippen LogP) is 3.61. The molecule has 0 spiro atoms. The molecule has 0 radical (unpaired) electrons. The Morgan fingerprint density at radius 3 is 1.28 bits per heavy atom. The molecule has 3 unspecified atom stereocenters. The van der Waals surface area contributed by atoms with E-state index < -0.39 is 40.9 Å². The van der Waals surface area contributed by atoms with Gasteiger partial charge in [0, 0.05) is 0 Å². The number of hydrogen-bond donors (Lipinski definition) is 0. The van der Waals surface area contributed by atoms with Crippen molar-refractivity contribution in [3.63, 3.8) is 0 Å². The maximum Gasteiger partial charge on any atom is 0.359 e. The van der Waals surface area contributed by atoms with Gasteiger partial charge in [0.15, 0.2) is 0 Å². The SMILES string of the molecule is CC1C(F)(F)C2(F)C(F)(F)C(F)(F)C1(F)C2(F)F. The molecule has 0 amide bonds. The first-order valence-electron chi connectivity index (χ1n) is 4.54. The second-order valence-electron chi connectivity index (χ2n) is 4.44. The van der Waals surface area contributed by atoms with Crippen LogP contribution in [0.25, 0.3) is 0 Å². The highest BCUT2D eigenvalue weighted by atomic mass is 19.3. The minimum atomic E-state index is -6.52. The highest BCUT2D eigenvalue weighted by molar-refractivity contribution is 5.41. The summed E-state index contributed by atoms with van der Waals surface area (Å²) in [6, 6.07) is 0. The summed E-state index contributed by atoms with van der Waals surface area (Å²) in [7, 11) is 0. The van der Waals surface area contributed by atoms with E-state index >= 15 is 0 Å². The molecule has 18 heavy (non-hydrogen) atoms. The van der Waals surface area contributed by atoms with Crippen LogP contribution in [0.1, 0.15) is 6.92 Å². The lowest BCUT2D eigenvalue weighted by molar-refractivity contribution is -0.350. The van der Waals surface area contributed by atoms with Gasteiger partial charge in [0.05, 0.1) is 5.92 Å². The van der Waals surface area contributed by atoms with Crippen LogP contribution in [0.15, 0.2) is 0 Å². The normalized spacial score (nSPS) is 50.5. The van der Waals surface area contributed by atoms with E-state index in [0.717, 1.165) is 0 Å². The summed E-state index contributed by atoms with van der Waals surface area (Å²) in [6.45, 7) is -0.154. The zero-order valence-corrected chi connectivity index (χ0v) is 8.36. The topological polar surface area (TPSA) is 0 Å². The molecule has 106 valence electrons. The first-order chi connectivity index (χ1) is 7.65. The highest BCUT2D eigenvalue weighted by Gasteiger charge is 3.11. The summed E-state index contributed by atoms with van der Waals surface area (Å²) in [5.74, 6) is -28.2. The molecule has 0 aliphatic heterocycles. The monoisotopic (exact) mass is 290 g/mol. The summed E-state index contributed by atoms with van der Waals surface area (Å²) in [6.07, 6.45) is 0. The number of fused-ring (bicyclic) bond motifs is 2. The van der Waals surface area contributed by atoms with Crippen molar-refractivity contribution in [2.75, 3.05) is 0 Å². The van der Waals surface area contributed by atoms with Crippen LogP contribution in [-0.2, 0) is 0 Å². The molecule has 2 rings (SSSR count). The van der Waals surface area contributed by atoms with Gasteiger partial charge in [0.1, 0.15) is 0 Å². The van der Waals surface area contributed by atoms with Crippen molar-refractivity contribution >= 4 is 0 Å². The van der Waals surface area contributed by atoms with Crippen molar-refractivity contribution in [1.29, 1.82) is 0 Å².